The van der Waals surface area contributed by atoms with E-state index < -0.39 is 0 Å². The molecule has 0 saturated carbocycles. The van der Waals surface area contributed by atoms with Gasteiger partial charge in [0.15, 0.2) is 0 Å². The van der Waals surface area contributed by atoms with Crippen molar-refractivity contribution in [2.24, 2.45) is 23.7 Å². The quantitative estimate of drug-likeness (QED) is 0.806. The Morgan fingerprint density at radius 1 is 0.731 bits per heavy atom. The summed E-state index contributed by atoms with van der Waals surface area (Å²) in [5.41, 5.74) is 1.27. The highest BCUT2D eigenvalue weighted by Crippen LogP contribution is 2.24. The van der Waals surface area contributed by atoms with Crippen molar-refractivity contribution in [2.75, 3.05) is 26.2 Å². The first kappa shape index (κ1) is 18.9. The molecule has 26 heavy (non-hydrogen) atoms. The predicted molar refractivity (Wildman–Crippen MR) is 104 cm³/mol. The summed E-state index contributed by atoms with van der Waals surface area (Å²) in [5.74, 6) is 2.23. The minimum Gasteiger partial charge on any atom is -0.338 e. The molecular weight excluding hydrogens is 324 g/mol. The van der Waals surface area contributed by atoms with Gasteiger partial charge in [0.25, 0.3) is 11.8 Å². The maximum atomic E-state index is 12.9. The van der Waals surface area contributed by atoms with Gasteiger partial charge < -0.3 is 9.80 Å². The van der Waals surface area contributed by atoms with Crippen molar-refractivity contribution in [1.82, 2.24) is 9.80 Å². The zero-order valence-electron chi connectivity index (χ0n) is 16.6. The van der Waals surface area contributed by atoms with Gasteiger partial charge in [-0.05, 0) is 54.7 Å². The molecule has 0 spiro atoms. The van der Waals surface area contributed by atoms with Crippen molar-refractivity contribution < 1.29 is 9.59 Å². The van der Waals surface area contributed by atoms with E-state index in [-0.39, 0.29) is 11.8 Å². The molecule has 0 bridgehead atoms. The van der Waals surface area contributed by atoms with Crippen LogP contribution in [0.4, 0.5) is 0 Å². The van der Waals surface area contributed by atoms with Crippen molar-refractivity contribution in [2.45, 2.75) is 40.5 Å². The first-order chi connectivity index (χ1) is 12.3. The lowest BCUT2D eigenvalue weighted by Crippen LogP contribution is -2.43. The number of carbonyl (C=O) groups excluding carboxylic acids is 2. The standard InChI is InChI=1S/C22H32N2O2/c1-15-8-16(2)12-23(11-15)21(25)19-6-5-7-20(10-19)22(26)24-13-17(3)9-18(4)14-24/h5-7,10,15-18H,8-9,11-14H2,1-4H3/t15-,16-,17-,18+/m0/s1. The van der Waals surface area contributed by atoms with E-state index in [9.17, 15) is 9.59 Å². The van der Waals surface area contributed by atoms with Crippen LogP contribution in [0.15, 0.2) is 24.3 Å². The average molecular weight is 357 g/mol. The zero-order chi connectivity index (χ0) is 18.8. The highest BCUT2D eigenvalue weighted by molar-refractivity contribution is 5.99. The second kappa shape index (κ2) is 7.81. The minimum absolute atomic E-state index is 0.0541. The SMILES string of the molecule is C[C@@H]1C[C@H](C)CN(C(=O)c2cccc(C(=O)N3C[C@@H](C)C[C@H](C)C3)c2)C1. The maximum Gasteiger partial charge on any atom is 0.253 e. The normalized spacial score (nSPS) is 29.5. The van der Waals surface area contributed by atoms with Gasteiger partial charge in [0.2, 0.25) is 0 Å². The largest absolute Gasteiger partial charge is 0.338 e. The number of carbonyl (C=O) groups is 2. The third-order valence-corrected chi connectivity index (χ3v) is 5.67. The second-order valence-corrected chi connectivity index (χ2v) is 8.89. The van der Waals surface area contributed by atoms with E-state index in [1.165, 1.54) is 12.8 Å². The molecule has 3 rings (SSSR count). The molecule has 2 amide bonds. The summed E-state index contributed by atoms with van der Waals surface area (Å²) >= 11 is 0. The molecule has 0 aromatic heterocycles. The molecular formula is C22H32N2O2. The highest BCUT2D eigenvalue weighted by atomic mass is 16.2. The summed E-state index contributed by atoms with van der Waals surface area (Å²) in [6.07, 6.45) is 2.35. The summed E-state index contributed by atoms with van der Waals surface area (Å²) in [4.78, 5) is 29.8. The van der Waals surface area contributed by atoms with Crippen molar-refractivity contribution >= 4 is 11.8 Å². The summed E-state index contributed by atoms with van der Waals surface area (Å²) in [7, 11) is 0. The number of amides is 2. The molecule has 2 fully saturated rings. The van der Waals surface area contributed by atoms with Crippen molar-refractivity contribution in [1.29, 1.82) is 0 Å². The van der Waals surface area contributed by atoms with E-state index in [1.807, 2.05) is 28.0 Å². The van der Waals surface area contributed by atoms with Gasteiger partial charge in [-0.2, -0.15) is 0 Å². The Hall–Kier alpha value is -1.84. The first-order valence-electron chi connectivity index (χ1n) is 10.0. The lowest BCUT2D eigenvalue weighted by molar-refractivity contribution is 0.0619. The Balaban J connectivity index is 1.75. The number of nitrogens with zero attached hydrogens (tertiary/aromatic N) is 2. The summed E-state index contributed by atoms with van der Waals surface area (Å²) in [5, 5.41) is 0. The van der Waals surface area contributed by atoms with E-state index in [1.54, 1.807) is 6.07 Å². The van der Waals surface area contributed by atoms with Crippen LogP contribution >= 0.6 is 0 Å². The van der Waals surface area contributed by atoms with Crippen LogP contribution < -0.4 is 0 Å². The van der Waals surface area contributed by atoms with Crippen molar-refractivity contribution in [3.8, 4) is 0 Å². The van der Waals surface area contributed by atoms with E-state index >= 15 is 0 Å². The van der Waals surface area contributed by atoms with Crippen LogP contribution in [0.5, 0.6) is 0 Å². The molecule has 1 aromatic carbocycles. The van der Waals surface area contributed by atoms with Gasteiger partial charge >= 0.3 is 0 Å². The van der Waals surface area contributed by atoms with Crippen LogP contribution in [0.3, 0.4) is 0 Å². The minimum atomic E-state index is 0.0541. The number of rotatable bonds is 2. The molecule has 1 aromatic rings. The molecule has 4 heteroatoms. The number of piperidine rings is 2. The third-order valence-electron chi connectivity index (χ3n) is 5.67. The van der Waals surface area contributed by atoms with Gasteiger partial charge in [-0.1, -0.05) is 33.8 Å². The molecule has 4 nitrogen and oxygen atoms in total. The van der Waals surface area contributed by atoms with Gasteiger partial charge in [0.05, 0.1) is 0 Å². The highest BCUT2D eigenvalue weighted by Gasteiger charge is 2.28. The molecule has 0 N–H and O–H groups in total. The average Bonchev–Trinajstić information content (AvgIpc) is 2.59. The summed E-state index contributed by atoms with van der Waals surface area (Å²) in [6, 6.07) is 7.31. The number of benzene rings is 1. The monoisotopic (exact) mass is 356 g/mol. The molecule has 0 aliphatic carbocycles. The Morgan fingerprint density at radius 3 is 1.42 bits per heavy atom. The van der Waals surface area contributed by atoms with Crippen LogP contribution in [-0.2, 0) is 0 Å². The van der Waals surface area contributed by atoms with Crippen LogP contribution in [0, 0.1) is 23.7 Å². The van der Waals surface area contributed by atoms with Gasteiger partial charge in [0.1, 0.15) is 0 Å². The smallest absolute Gasteiger partial charge is 0.253 e. The first-order valence-corrected chi connectivity index (χ1v) is 10.0. The fourth-order valence-electron chi connectivity index (χ4n) is 4.81. The maximum absolute atomic E-state index is 12.9. The Morgan fingerprint density at radius 2 is 1.08 bits per heavy atom. The molecule has 4 atom stereocenters. The van der Waals surface area contributed by atoms with Gasteiger partial charge in [-0.25, -0.2) is 0 Å². The van der Waals surface area contributed by atoms with Crippen molar-refractivity contribution in [3.05, 3.63) is 35.4 Å². The van der Waals surface area contributed by atoms with E-state index in [0.29, 0.717) is 34.8 Å². The van der Waals surface area contributed by atoms with E-state index in [4.69, 9.17) is 0 Å². The van der Waals surface area contributed by atoms with Crippen LogP contribution in [0.25, 0.3) is 0 Å². The fourth-order valence-corrected chi connectivity index (χ4v) is 4.81. The summed E-state index contributed by atoms with van der Waals surface area (Å²) in [6.45, 7) is 12.0. The molecule has 2 aliphatic heterocycles. The van der Waals surface area contributed by atoms with Gasteiger partial charge in [-0.3, -0.25) is 9.59 Å². The number of likely N-dealkylation sites (tertiary alicyclic amines) is 2. The van der Waals surface area contributed by atoms with E-state index in [2.05, 4.69) is 27.7 Å². The second-order valence-electron chi connectivity index (χ2n) is 8.89. The number of hydrogen-bond donors (Lipinski definition) is 0. The molecule has 142 valence electrons. The molecule has 0 radical (unpaired) electrons. The Bertz CT molecular complexity index is 599. The predicted octanol–water partition coefficient (Wildman–Crippen LogP) is 3.92. The zero-order valence-corrected chi connectivity index (χ0v) is 16.6. The lowest BCUT2D eigenvalue weighted by Gasteiger charge is -2.35. The van der Waals surface area contributed by atoms with Crippen LogP contribution in [0.1, 0.15) is 61.3 Å². The van der Waals surface area contributed by atoms with Gasteiger partial charge in [0, 0.05) is 37.3 Å². The molecule has 2 aliphatic rings. The molecule has 2 saturated heterocycles. The fraction of sp³-hybridized carbons (Fsp3) is 0.636. The Kier molecular flexibility index (Phi) is 5.69. The molecule has 2 heterocycles. The van der Waals surface area contributed by atoms with E-state index in [0.717, 1.165) is 26.2 Å². The van der Waals surface area contributed by atoms with Crippen molar-refractivity contribution in [3.63, 3.8) is 0 Å². The lowest BCUT2D eigenvalue weighted by atomic mass is 9.91. The summed E-state index contributed by atoms with van der Waals surface area (Å²) < 4.78 is 0. The molecule has 0 unspecified atom stereocenters. The Labute approximate surface area is 157 Å². The van der Waals surface area contributed by atoms with Crippen LogP contribution in [0.2, 0.25) is 0 Å². The van der Waals surface area contributed by atoms with Crippen LogP contribution in [-0.4, -0.2) is 47.8 Å². The topological polar surface area (TPSA) is 40.6 Å². The third kappa shape index (κ3) is 4.28. The van der Waals surface area contributed by atoms with Gasteiger partial charge in [-0.15, -0.1) is 0 Å². The number of hydrogen-bond acceptors (Lipinski definition) is 2.